The van der Waals surface area contributed by atoms with E-state index in [4.69, 9.17) is 9.84 Å². The number of alkyl halides is 2. The molecule has 0 saturated carbocycles. The van der Waals surface area contributed by atoms with Crippen LogP contribution in [0, 0.1) is 6.92 Å². The fourth-order valence-electron chi connectivity index (χ4n) is 6.28. The summed E-state index contributed by atoms with van der Waals surface area (Å²) in [4.78, 5) is 40.4. The third-order valence-corrected chi connectivity index (χ3v) is 9.33. The van der Waals surface area contributed by atoms with E-state index in [1.54, 1.807) is 10.9 Å². The van der Waals surface area contributed by atoms with Gasteiger partial charge in [0, 0.05) is 49.0 Å². The van der Waals surface area contributed by atoms with Crippen molar-refractivity contribution in [3.8, 4) is 11.4 Å². The number of amides is 3. The van der Waals surface area contributed by atoms with Gasteiger partial charge in [-0.2, -0.15) is 5.10 Å². The predicted octanol–water partition coefficient (Wildman–Crippen LogP) is 8.70. The third kappa shape index (κ3) is 9.03. The highest BCUT2D eigenvalue weighted by Crippen LogP contribution is 2.33. The number of piperidine rings is 1. The summed E-state index contributed by atoms with van der Waals surface area (Å²) in [5.74, 6) is -1.11. The van der Waals surface area contributed by atoms with E-state index >= 15 is 0 Å². The molecule has 282 valence electrons. The molecule has 3 amide bonds. The number of urea groups is 1. The normalized spacial score (nSPS) is 13.7. The first-order valence-electron chi connectivity index (χ1n) is 18.2. The van der Waals surface area contributed by atoms with E-state index in [1.807, 2.05) is 85.8 Å². The van der Waals surface area contributed by atoms with Crippen LogP contribution in [0.15, 0.2) is 97.5 Å². The number of rotatable bonds is 12. The molecule has 55 heavy (non-hydrogen) atoms. The average Bonchev–Trinajstić information content (AvgIpc) is 3.59. The Labute approximate surface area is 317 Å². The number of fused-ring (bicyclic) bond motifs is 1. The molecule has 0 atom stereocenters. The molecule has 14 heteroatoms. The summed E-state index contributed by atoms with van der Waals surface area (Å²) >= 11 is 0. The first-order chi connectivity index (χ1) is 26.6. The maximum atomic E-state index is 13.5. The summed E-state index contributed by atoms with van der Waals surface area (Å²) in [7, 11) is 0. The van der Waals surface area contributed by atoms with Gasteiger partial charge in [-0.05, 0) is 61.7 Å². The van der Waals surface area contributed by atoms with Crippen molar-refractivity contribution < 1.29 is 23.1 Å². The lowest BCUT2D eigenvalue weighted by molar-refractivity contribution is -0.0495. The molecule has 0 aliphatic carbocycles. The second-order valence-corrected chi connectivity index (χ2v) is 13.5. The van der Waals surface area contributed by atoms with Gasteiger partial charge in [0.1, 0.15) is 35.5 Å². The zero-order valence-electron chi connectivity index (χ0n) is 30.6. The number of ether oxygens (including phenoxy) is 1. The van der Waals surface area contributed by atoms with E-state index < -0.39 is 17.9 Å². The van der Waals surface area contributed by atoms with Gasteiger partial charge >= 0.3 is 6.03 Å². The lowest BCUT2D eigenvalue weighted by Crippen LogP contribution is -2.43. The van der Waals surface area contributed by atoms with Crippen molar-refractivity contribution >= 4 is 45.9 Å². The molecule has 7 rings (SSSR count). The van der Waals surface area contributed by atoms with Crippen molar-refractivity contribution in [3.63, 3.8) is 0 Å². The maximum Gasteiger partial charge on any atom is 0.324 e. The van der Waals surface area contributed by atoms with Crippen molar-refractivity contribution in [2.45, 2.75) is 58.5 Å². The van der Waals surface area contributed by atoms with Gasteiger partial charge in [-0.25, -0.2) is 33.2 Å². The van der Waals surface area contributed by atoms with Crippen LogP contribution in [0.2, 0.25) is 0 Å². The quantitative estimate of drug-likeness (QED) is 0.113. The number of likely N-dealkylation sites (tertiary alicyclic amines) is 1. The Morgan fingerprint density at radius 3 is 2.40 bits per heavy atom. The van der Waals surface area contributed by atoms with Crippen LogP contribution >= 0.6 is 0 Å². The number of hydrogen-bond acceptors (Lipinski definition) is 8. The van der Waals surface area contributed by atoms with Gasteiger partial charge < -0.3 is 20.3 Å². The van der Waals surface area contributed by atoms with Gasteiger partial charge in [-0.15, -0.1) is 0 Å². The van der Waals surface area contributed by atoms with Crippen molar-refractivity contribution in [2.24, 2.45) is 0 Å². The molecule has 6 aromatic rings. The van der Waals surface area contributed by atoms with Gasteiger partial charge in [-0.3, -0.25) is 10.1 Å². The SMILES string of the molecule is CCCCc1cc(NC(=O)Nc2ccc(OCc3ccnc(Nc4cnc(C(=O)N5CCC(F)(F)CC5)cn4)c3)c3ccccc23)n(-c2ccc(C)cc2)n1. The van der Waals surface area contributed by atoms with E-state index in [9.17, 15) is 18.4 Å². The number of halogens is 2. The van der Waals surface area contributed by atoms with Gasteiger partial charge in [0.25, 0.3) is 11.8 Å². The van der Waals surface area contributed by atoms with E-state index in [1.165, 1.54) is 17.3 Å². The van der Waals surface area contributed by atoms with Gasteiger partial charge in [-0.1, -0.05) is 55.3 Å². The summed E-state index contributed by atoms with van der Waals surface area (Å²) in [5, 5.41) is 15.5. The molecule has 1 aliphatic rings. The molecule has 1 saturated heterocycles. The Hall–Kier alpha value is -6.44. The van der Waals surface area contributed by atoms with Crippen LogP contribution in [0.25, 0.3) is 16.5 Å². The van der Waals surface area contributed by atoms with E-state index in [2.05, 4.69) is 37.8 Å². The van der Waals surface area contributed by atoms with Crippen LogP contribution in [0.5, 0.6) is 5.75 Å². The van der Waals surface area contributed by atoms with Crippen LogP contribution in [-0.2, 0) is 13.0 Å². The zero-order valence-corrected chi connectivity index (χ0v) is 30.6. The topological polar surface area (TPSA) is 139 Å². The highest BCUT2D eigenvalue weighted by Gasteiger charge is 2.36. The molecular formula is C41H41F2N9O3. The monoisotopic (exact) mass is 745 g/mol. The number of benzene rings is 3. The zero-order chi connectivity index (χ0) is 38.4. The number of carbonyl (C=O) groups excluding carboxylic acids is 2. The largest absolute Gasteiger partial charge is 0.488 e. The molecule has 3 aromatic heterocycles. The minimum atomic E-state index is -2.74. The molecule has 4 heterocycles. The molecule has 3 aromatic carbocycles. The van der Waals surface area contributed by atoms with E-state index in [-0.39, 0.29) is 38.2 Å². The minimum Gasteiger partial charge on any atom is -0.488 e. The number of aromatic nitrogens is 5. The third-order valence-electron chi connectivity index (χ3n) is 9.33. The van der Waals surface area contributed by atoms with Crippen molar-refractivity contribution in [2.75, 3.05) is 29.0 Å². The minimum absolute atomic E-state index is 0.0245. The van der Waals surface area contributed by atoms with Gasteiger partial charge in [0.05, 0.1) is 29.5 Å². The smallest absolute Gasteiger partial charge is 0.324 e. The van der Waals surface area contributed by atoms with Crippen LogP contribution in [0.4, 0.5) is 36.7 Å². The molecule has 1 fully saturated rings. The number of nitrogens with one attached hydrogen (secondary N) is 3. The molecule has 0 unspecified atom stereocenters. The molecule has 0 spiro atoms. The number of hydrogen-bond donors (Lipinski definition) is 3. The van der Waals surface area contributed by atoms with Crippen LogP contribution in [0.1, 0.15) is 59.9 Å². The summed E-state index contributed by atoms with van der Waals surface area (Å²) in [5.41, 5.74) is 4.43. The second kappa shape index (κ2) is 16.3. The fraction of sp³-hybridized carbons (Fsp3) is 0.268. The lowest BCUT2D eigenvalue weighted by Gasteiger charge is -2.31. The van der Waals surface area contributed by atoms with E-state index in [0.717, 1.165) is 52.5 Å². The summed E-state index contributed by atoms with van der Waals surface area (Å²) in [6.45, 7) is 4.34. The maximum absolute atomic E-state index is 13.5. The van der Waals surface area contributed by atoms with Crippen LogP contribution < -0.4 is 20.7 Å². The number of anilines is 4. The summed E-state index contributed by atoms with van der Waals surface area (Å²) < 4.78 is 35.1. The number of nitrogens with zero attached hydrogens (tertiary/aromatic N) is 6. The molecule has 0 bridgehead atoms. The number of pyridine rings is 1. The predicted molar refractivity (Wildman–Crippen MR) is 207 cm³/mol. The number of carbonyl (C=O) groups is 2. The molecular weight excluding hydrogens is 705 g/mol. The highest BCUT2D eigenvalue weighted by atomic mass is 19.3. The Bertz CT molecular complexity index is 2290. The fourth-order valence-corrected chi connectivity index (χ4v) is 6.28. The molecule has 0 radical (unpaired) electrons. The Balaban J connectivity index is 0.995. The van der Waals surface area contributed by atoms with Crippen molar-refractivity contribution in [1.82, 2.24) is 29.6 Å². The standard InChI is InChI=1S/C41H41F2N9O3/c1-3-4-7-29-23-38(52(50-29)30-12-10-27(2)11-13-30)49-40(54)47-33-14-15-35(32-9-6-5-8-31(32)33)55-26-28-16-19-44-36(22-28)48-37-25-45-34(24-46-37)39(53)51-20-17-41(42,43)18-21-51/h5-6,8-16,19,22-25H,3-4,7,17-18,20-21,26H2,1-2H3,(H,44,46,48)(H2,47,49,54). The van der Waals surface area contributed by atoms with E-state index in [0.29, 0.717) is 28.9 Å². The summed E-state index contributed by atoms with van der Waals surface area (Å²) in [6, 6.07) is 24.5. The van der Waals surface area contributed by atoms with Gasteiger partial charge in [0.2, 0.25) is 0 Å². The van der Waals surface area contributed by atoms with Crippen molar-refractivity contribution in [1.29, 1.82) is 0 Å². The average molecular weight is 746 g/mol. The Kier molecular flexibility index (Phi) is 10.9. The van der Waals surface area contributed by atoms with Crippen LogP contribution in [0.3, 0.4) is 0 Å². The van der Waals surface area contributed by atoms with Crippen LogP contribution in [-0.4, -0.2) is 60.6 Å². The lowest BCUT2D eigenvalue weighted by atomic mass is 10.1. The summed E-state index contributed by atoms with van der Waals surface area (Å²) in [6.07, 6.45) is 6.50. The molecule has 1 aliphatic heterocycles. The van der Waals surface area contributed by atoms with Crippen molar-refractivity contribution in [3.05, 3.63) is 120 Å². The second-order valence-electron chi connectivity index (χ2n) is 13.5. The first-order valence-corrected chi connectivity index (χ1v) is 18.2. The Morgan fingerprint density at radius 2 is 1.65 bits per heavy atom. The van der Waals surface area contributed by atoms with Gasteiger partial charge in [0.15, 0.2) is 0 Å². The highest BCUT2D eigenvalue weighted by molar-refractivity contribution is 6.07. The first kappa shape index (κ1) is 36.9. The molecule has 12 nitrogen and oxygen atoms in total. The number of aryl methyl sites for hydroxylation is 2. The Morgan fingerprint density at radius 1 is 0.873 bits per heavy atom. The molecule has 3 N–H and O–H groups in total. The number of unbranched alkanes of at least 4 members (excludes halogenated alkanes) is 1.